The highest BCUT2D eigenvalue weighted by Gasteiger charge is 2.27. The number of hydrogen-bond donors (Lipinski definition) is 1. The second-order valence-electron chi connectivity index (χ2n) is 5.86. The Labute approximate surface area is 119 Å². The van der Waals surface area contributed by atoms with E-state index >= 15 is 0 Å². The molecular formula is C15H21N3O2. The molecule has 0 unspecified atom stereocenters. The normalized spacial score (nSPS) is 20.1. The van der Waals surface area contributed by atoms with Crippen LogP contribution in [-0.2, 0) is 0 Å². The summed E-state index contributed by atoms with van der Waals surface area (Å²) in [4.78, 5) is 20.4. The van der Waals surface area contributed by atoms with Crippen LogP contribution in [0.5, 0.6) is 0 Å². The monoisotopic (exact) mass is 275 g/mol. The van der Waals surface area contributed by atoms with Crippen molar-refractivity contribution >= 4 is 11.8 Å². The van der Waals surface area contributed by atoms with Crippen molar-refractivity contribution in [2.75, 3.05) is 37.6 Å². The minimum Gasteiger partial charge on any atom is -0.478 e. The van der Waals surface area contributed by atoms with Gasteiger partial charge in [-0.05, 0) is 37.8 Å². The molecule has 0 radical (unpaired) electrons. The summed E-state index contributed by atoms with van der Waals surface area (Å²) >= 11 is 0. The van der Waals surface area contributed by atoms with Gasteiger partial charge in [-0.3, -0.25) is 4.90 Å². The van der Waals surface area contributed by atoms with E-state index in [1.807, 2.05) is 6.92 Å². The maximum Gasteiger partial charge on any atom is 0.339 e. The van der Waals surface area contributed by atoms with Gasteiger partial charge in [0.15, 0.2) is 0 Å². The highest BCUT2D eigenvalue weighted by Crippen LogP contribution is 2.30. The highest BCUT2D eigenvalue weighted by atomic mass is 16.4. The maximum atomic E-state index is 11.3. The van der Waals surface area contributed by atoms with Crippen molar-refractivity contribution in [3.8, 4) is 0 Å². The van der Waals surface area contributed by atoms with Gasteiger partial charge < -0.3 is 10.0 Å². The zero-order chi connectivity index (χ0) is 14.1. The molecule has 108 valence electrons. The van der Waals surface area contributed by atoms with Gasteiger partial charge in [0.2, 0.25) is 0 Å². The summed E-state index contributed by atoms with van der Waals surface area (Å²) in [5, 5.41) is 9.29. The van der Waals surface area contributed by atoms with Gasteiger partial charge in [-0.25, -0.2) is 9.78 Å². The number of rotatable bonds is 4. The summed E-state index contributed by atoms with van der Waals surface area (Å²) in [6.07, 6.45) is 2.76. The van der Waals surface area contributed by atoms with Crippen molar-refractivity contribution in [1.82, 2.24) is 9.88 Å². The van der Waals surface area contributed by atoms with E-state index in [2.05, 4.69) is 14.8 Å². The minimum absolute atomic E-state index is 0.311. The van der Waals surface area contributed by atoms with Gasteiger partial charge in [-0.1, -0.05) is 0 Å². The molecule has 2 heterocycles. The molecule has 0 atom stereocenters. The number of nitrogens with zero attached hydrogens (tertiary/aromatic N) is 3. The number of aromatic nitrogens is 1. The van der Waals surface area contributed by atoms with Crippen LogP contribution in [0.4, 0.5) is 5.82 Å². The average Bonchev–Trinajstić information content (AvgIpc) is 3.23. The van der Waals surface area contributed by atoms with E-state index in [9.17, 15) is 9.90 Å². The fraction of sp³-hybridized carbons (Fsp3) is 0.600. The van der Waals surface area contributed by atoms with Crippen molar-refractivity contribution in [3.05, 3.63) is 23.4 Å². The van der Waals surface area contributed by atoms with Gasteiger partial charge in [0.05, 0.1) is 0 Å². The van der Waals surface area contributed by atoms with Crippen LogP contribution < -0.4 is 4.90 Å². The summed E-state index contributed by atoms with van der Waals surface area (Å²) in [5.74, 6) is 0.643. The third-order valence-electron chi connectivity index (χ3n) is 4.13. The molecule has 1 N–H and O–H groups in total. The van der Waals surface area contributed by atoms with Crippen LogP contribution in [0, 0.1) is 12.8 Å². The molecular weight excluding hydrogens is 254 g/mol. The predicted molar refractivity (Wildman–Crippen MR) is 77.3 cm³/mol. The molecule has 5 nitrogen and oxygen atoms in total. The Morgan fingerprint density at radius 1 is 1.30 bits per heavy atom. The minimum atomic E-state index is -0.895. The Kier molecular flexibility index (Phi) is 3.61. The molecule has 0 bridgehead atoms. The Balaban J connectivity index is 1.70. The van der Waals surface area contributed by atoms with E-state index in [1.165, 1.54) is 19.4 Å². The first-order valence-electron chi connectivity index (χ1n) is 7.32. The number of carboxylic acids is 1. The fourth-order valence-electron chi connectivity index (χ4n) is 2.76. The number of anilines is 1. The standard InChI is InChI=1S/C15H21N3O2/c1-11-2-5-13(15(19)20)14(16-11)18-8-6-17(7-9-18)10-12-3-4-12/h2,5,12H,3-4,6-10H2,1H3,(H,19,20). The zero-order valence-corrected chi connectivity index (χ0v) is 11.9. The van der Waals surface area contributed by atoms with E-state index in [0.29, 0.717) is 11.4 Å². The second kappa shape index (κ2) is 5.40. The topological polar surface area (TPSA) is 56.7 Å². The summed E-state index contributed by atoms with van der Waals surface area (Å²) in [6, 6.07) is 3.42. The molecule has 1 saturated carbocycles. The third kappa shape index (κ3) is 2.93. The summed E-state index contributed by atoms with van der Waals surface area (Å²) < 4.78 is 0. The SMILES string of the molecule is Cc1ccc(C(=O)O)c(N2CCN(CC3CC3)CC2)n1. The molecule has 5 heteroatoms. The molecule has 1 aliphatic heterocycles. The maximum absolute atomic E-state index is 11.3. The number of aryl methyl sites for hydroxylation is 1. The number of aromatic carboxylic acids is 1. The van der Waals surface area contributed by atoms with Gasteiger partial charge in [0, 0.05) is 38.4 Å². The highest BCUT2D eigenvalue weighted by molar-refractivity contribution is 5.93. The molecule has 20 heavy (non-hydrogen) atoms. The van der Waals surface area contributed by atoms with Crippen molar-refractivity contribution in [1.29, 1.82) is 0 Å². The van der Waals surface area contributed by atoms with Crippen LogP contribution in [0.15, 0.2) is 12.1 Å². The van der Waals surface area contributed by atoms with E-state index < -0.39 is 5.97 Å². The first-order chi connectivity index (χ1) is 9.63. The van der Waals surface area contributed by atoms with Gasteiger partial charge in [0.25, 0.3) is 0 Å². The number of carbonyl (C=O) groups is 1. The largest absolute Gasteiger partial charge is 0.478 e. The molecule has 3 rings (SSSR count). The quantitative estimate of drug-likeness (QED) is 0.905. The van der Waals surface area contributed by atoms with Gasteiger partial charge in [-0.2, -0.15) is 0 Å². The molecule has 1 aromatic heterocycles. The molecule has 2 fully saturated rings. The van der Waals surface area contributed by atoms with Crippen molar-refractivity contribution in [3.63, 3.8) is 0 Å². The molecule has 1 aliphatic carbocycles. The van der Waals surface area contributed by atoms with Crippen LogP contribution in [0.25, 0.3) is 0 Å². The fourth-order valence-corrected chi connectivity index (χ4v) is 2.76. The second-order valence-corrected chi connectivity index (χ2v) is 5.86. The number of piperazine rings is 1. The first-order valence-corrected chi connectivity index (χ1v) is 7.32. The van der Waals surface area contributed by atoms with Crippen LogP contribution in [-0.4, -0.2) is 53.7 Å². The van der Waals surface area contributed by atoms with E-state index in [4.69, 9.17) is 0 Å². The lowest BCUT2D eigenvalue weighted by Crippen LogP contribution is -2.47. The van der Waals surface area contributed by atoms with Crippen LogP contribution in [0.1, 0.15) is 28.9 Å². The van der Waals surface area contributed by atoms with Crippen LogP contribution in [0.2, 0.25) is 0 Å². The van der Waals surface area contributed by atoms with Gasteiger partial charge >= 0.3 is 5.97 Å². The zero-order valence-electron chi connectivity index (χ0n) is 11.9. The van der Waals surface area contributed by atoms with E-state index in [-0.39, 0.29) is 0 Å². The van der Waals surface area contributed by atoms with E-state index in [0.717, 1.165) is 37.8 Å². The summed E-state index contributed by atoms with van der Waals surface area (Å²) in [7, 11) is 0. The van der Waals surface area contributed by atoms with Crippen molar-refractivity contribution in [2.24, 2.45) is 5.92 Å². The third-order valence-corrected chi connectivity index (χ3v) is 4.13. The molecule has 2 aliphatic rings. The lowest BCUT2D eigenvalue weighted by Gasteiger charge is -2.36. The van der Waals surface area contributed by atoms with Gasteiger partial charge in [0.1, 0.15) is 11.4 Å². The lowest BCUT2D eigenvalue weighted by atomic mass is 10.2. The lowest BCUT2D eigenvalue weighted by molar-refractivity contribution is 0.0697. The predicted octanol–water partition coefficient (Wildman–Crippen LogP) is 1.62. The van der Waals surface area contributed by atoms with Gasteiger partial charge in [-0.15, -0.1) is 0 Å². The number of carboxylic acid groups (broad SMARTS) is 1. The Morgan fingerprint density at radius 3 is 2.60 bits per heavy atom. The summed E-state index contributed by atoms with van der Waals surface area (Å²) in [6.45, 7) is 6.85. The van der Waals surface area contributed by atoms with Crippen molar-refractivity contribution in [2.45, 2.75) is 19.8 Å². The van der Waals surface area contributed by atoms with E-state index in [1.54, 1.807) is 12.1 Å². The average molecular weight is 275 g/mol. The molecule has 0 spiro atoms. The Hall–Kier alpha value is -1.62. The molecule has 0 aromatic carbocycles. The Morgan fingerprint density at radius 2 is 2.00 bits per heavy atom. The van der Waals surface area contributed by atoms with Crippen LogP contribution >= 0.6 is 0 Å². The number of hydrogen-bond acceptors (Lipinski definition) is 4. The Bertz CT molecular complexity index is 506. The van der Waals surface area contributed by atoms with Crippen LogP contribution in [0.3, 0.4) is 0 Å². The number of pyridine rings is 1. The molecule has 1 saturated heterocycles. The molecule has 1 aromatic rings. The molecule has 0 amide bonds. The first kappa shape index (κ1) is 13.4. The summed E-state index contributed by atoms with van der Waals surface area (Å²) in [5.41, 5.74) is 1.18. The smallest absolute Gasteiger partial charge is 0.339 e. The van der Waals surface area contributed by atoms with Crippen molar-refractivity contribution < 1.29 is 9.90 Å².